The zero-order chi connectivity index (χ0) is 17.9. The molecule has 0 spiro atoms. The number of guanidine groups is 1. The summed E-state index contributed by atoms with van der Waals surface area (Å²) in [6.45, 7) is 4.35. The standard InChI is InChI=1S/C18H23FN4O2/c1-2-24-11-5-10-22-18(20)23-13-14-6-4-9-21-17(14)25-16-8-3-7-15(19)12-16/h3-4,6-9,12H,2,5,10-11,13H2,1H3,(H3,20,22,23). The summed E-state index contributed by atoms with van der Waals surface area (Å²) in [5, 5.41) is 3.03. The van der Waals surface area contributed by atoms with Crippen molar-refractivity contribution in [2.24, 2.45) is 10.7 Å². The minimum absolute atomic E-state index is 0.308. The molecular formula is C18H23FN4O2. The van der Waals surface area contributed by atoms with Gasteiger partial charge in [-0.3, -0.25) is 0 Å². The quantitative estimate of drug-likeness (QED) is 0.414. The Morgan fingerprint density at radius 1 is 1.32 bits per heavy atom. The molecule has 1 heterocycles. The first-order valence-corrected chi connectivity index (χ1v) is 8.18. The first-order valence-electron chi connectivity index (χ1n) is 8.18. The fourth-order valence-corrected chi connectivity index (χ4v) is 2.04. The molecule has 0 atom stereocenters. The maximum Gasteiger partial charge on any atom is 0.224 e. The monoisotopic (exact) mass is 346 g/mol. The number of nitrogens with zero attached hydrogens (tertiary/aromatic N) is 2. The summed E-state index contributed by atoms with van der Waals surface area (Å²) in [6.07, 6.45) is 2.46. The molecule has 3 N–H and O–H groups in total. The van der Waals surface area contributed by atoms with Crippen LogP contribution in [0.2, 0.25) is 0 Å². The van der Waals surface area contributed by atoms with Gasteiger partial charge in [-0.1, -0.05) is 12.1 Å². The predicted octanol–water partition coefficient (Wildman–Crippen LogP) is 2.84. The molecule has 0 radical (unpaired) electrons. The maximum atomic E-state index is 13.3. The van der Waals surface area contributed by atoms with Crippen LogP contribution < -0.4 is 15.8 Å². The van der Waals surface area contributed by atoms with Gasteiger partial charge >= 0.3 is 0 Å². The summed E-state index contributed by atoms with van der Waals surface area (Å²) >= 11 is 0. The lowest BCUT2D eigenvalue weighted by Crippen LogP contribution is -2.32. The van der Waals surface area contributed by atoms with Gasteiger partial charge < -0.3 is 20.5 Å². The van der Waals surface area contributed by atoms with E-state index in [9.17, 15) is 4.39 Å². The van der Waals surface area contributed by atoms with Crippen LogP contribution in [0.15, 0.2) is 47.6 Å². The van der Waals surface area contributed by atoms with E-state index in [2.05, 4.69) is 15.3 Å². The highest BCUT2D eigenvalue weighted by atomic mass is 19.1. The number of aliphatic imine (C=N–C) groups is 1. The number of nitrogens with one attached hydrogen (secondary N) is 1. The molecule has 2 aromatic rings. The Hall–Kier alpha value is -2.67. The summed E-state index contributed by atoms with van der Waals surface area (Å²) < 4.78 is 24.2. The summed E-state index contributed by atoms with van der Waals surface area (Å²) in [5.41, 5.74) is 6.60. The van der Waals surface area contributed by atoms with E-state index < -0.39 is 0 Å². The van der Waals surface area contributed by atoms with Crippen LogP contribution in [0.3, 0.4) is 0 Å². The van der Waals surface area contributed by atoms with Crippen LogP contribution in [-0.4, -0.2) is 30.7 Å². The molecule has 0 amide bonds. The highest BCUT2D eigenvalue weighted by Crippen LogP contribution is 2.23. The van der Waals surface area contributed by atoms with Crippen LogP contribution in [0, 0.1) is 5.82 Å². The molecule has 0 fully saturated rings. The van der Waals surface area contributed by atoms with Crippen molar-refractivity contribution in [1.82, 2.24) is 10.3 Å². The molecule has 0 aliphatic carbocycles. The topological polar surface area (TPSA) is 81.8 Å². The van der Waals surface area contributed by atoms with Gasteiger partial charge in [0.2, 0.25) is 5.88 Å². The Kier molecular flexibility index (Phi) is 7.65. The van der Waals surface area contributed by atoms with Gasteiger partial charge in [0.05, 0.1) is 6.54 Å². The van der Waals surface area contributed by atoms with E-state index in [1.54, 1.807) is 24.4 Å². The highest BCUT2D eigenvalue weighted by Gasteiger charge is 2.06. The van der Waals surface area contributed by atoms with E-state index in [1.165, 1.54) is 12.1 Å². The van der Waals surface area contributed by atoms with Crippen molar-refractivity contribution in [3.8, 4) is 11.6 Å². The van der Waals surface area contributed by atoms with E-state index in [4.69, 9.17) is 15.2 Å². The third-order valence-electron chi connectivity index (χ3n) is 3.26. The van der Waals surface area contributed by atoms with E-state index in [1.807, 2.05) is 13.0 Å². The third-order valence-corrected chi connectivity index (χ3v) is 3.26. The van der Waals surface area contributed by atoms with Gasteiger partial charge in [0.1, 0.15) is 11.6 Å². The Morgan fingerprint density at radius 3 is 3.00 bits per heavy atom. The van der Waals surface area contributed by atoms with E-state index in [0.717, 1.165) is 12.0 Å². The van der Waals surface area contributed by atoms with Gasteiger partial charge in [0, 0.05) is 37.6 Å². The fraction of sp³-hybridized carbons (Fsp3) is 0.333. The van der Waals surface area contributed by atoms with E-state index >= 15 is 0 Å². The van der Waals surface area contributed by atoms with Crippen LogP contribution in [0.4, 0.5) is 4.39 Å². The number of hydrogen-bond donors (Lipinski definition) is 2. The molecule has 2 rings (SSSR count). The highest BCUT2D eigenvalue weighted by molar-refractivity contribution is 5.77. The van der Waals surface area contributed by atoms with Crippen molar-refractivity contribution < 1.29 is 13.9 Å². The van der Waals surface area contributed by atoms with Gasteiger partial charge in [-0.25, -0.2) is 14.4 Å². The molecule has 0 saturated carbocycles. The van der Waals surface area contributed by atoms with Gasteiger partial charge in [-0.15, -0.1) is 0 Å². The second kappa shape index (κ2) is 10.2. The van der Waals surface area contributed by atoms with Crippen molar-refractivity contribution >= 4 is 5.96 Å². The second-order valence-electron chi connectivity index (χ2n) is 5.21. The molecule has 0 unspecified atom stereocenters. The molecule has 0 aliphatic rings. The van der Waals surface area contributed by atoms with Crippen LogP contribution >= 0.6 is 0 Å². The Bertz CT molecular complexity index is 694. The molecule has 7 heteroatoms. The van der Waals surface area contributed by atoms with Crippen molar-refractivity contribution in [3.63, 3.8) is 0 Å². The van der Waals surface area contributed by atoms with Crippen molar-refractivity contribution in [2.75, 3.05) is 19.8 Å². The summed E-state index contributed by atoms with van der Waals surface area (Å²) in [7, 11) is 0. The largest absolute Gasteiger partial charge is 0.439 e. The Labute approximate surface area is 146 Å². The SMILES string of the molecule is CCOCCCNC(N)=NCc1cccnc1Oc1cccc(F)c1. The van der Waals surface area contributed by atoms with Gasteiger partial charge in [0.15, 0.2) is 5.96 Å². The smallest absolute Gasteiger partial charge is 0.224 e. The van der Waals surface area contributed by atoms with Gasteiger partial charge in [0.25, 0.3) is 0 Å². The average molecular weight is 346 g/mol. The number of pyridine rings is 1. The minimum atomic E-state index is -0.367. The zero-order valence-electron chi connectivity index (χ0n) is 14.2. The lowest BCUT2D eigenvalue weighted by Gasteiger charge is -2.09. The first kappa shape index (κ1) is 18.7. The summed E-state index contributed by atoms with van der Waals surface area (Å²) in [6, 6.07) is 9.53. The molecule has 6 nitrogen and oxygen atoms in total. The van der Waals surface area contributed by atoms with Crippen LogP contribution in [0.25, 0.3) is 0 Å². The van der Waals surface area contributed by atoms with Crippen LogP contribution in [0.1, 0.15) is 18.9 Å². The summed E-state index contributed by atoms with van der Waals surface area (Å²) in [4.78, 5) is 8.47. The molecule has 1 aromatic carbocycles. The average Bonchev–Trinajstić information content (AvgIpc) is 2.61. The third kappa shape index (κ3) is 6.76. The molecular weight excluding hydrogens is 323 g/mol. The number of halogens is 1. The fourth-order valence-electron chi connectivity index (χ4n) is 2.04. The number of benzene rings is 1. The number of nitrogens with two attached hydrogens (primary N) is 1. The lowest BCUT2D eigenvalue weighted by molar-refractivity contribution is 0.145. The molecule has 134 valence electrons. The minimum Gasteiger partial charge on any atom is -0.439 e. The van der Waals surface area contributed by atoms with Gasteiger partial charge in [-0.2, -0.15) is 0 Å². The maximum absolute atomic E-state index is 13.3. The number of aromatic nitrogens is 1. The molecule has 0 aliphatic heterocycles. The van der Waals surface area contributed by atoms with Crippen LogP contribution in [-0.2, 0) is 11.3 Å². The molecule has 0 bridgehead atoms. The predicted molar refractivity (Wildman–Crippen MR) is 95.2 cm³/mol. The normalized spacial score (nSPS) is 11.4. The lowest BCUT2D eigenvalue weighted by atomic mass is 10.2. The van der Waals surface area contributed by atoms with Crippen molar-refractivity contribution in [1.29, 1.82) is 0 Å². The zero-order valence-corrected chi connectivity index (χ0v) is 14.2. The number of rotatable bonds is 9. The Morgan fingerprint density at radius 2 is 2.20 bits per heavy atom. The molecule has 0 saturated heterocycles. The number of hydrogen-bond acceptors (Lipinski definition) is 4. The number of ether oxygens (including phenoxy) is 2. The van der Waals surface area contributed by atoms with E-state index in [-0.39, 0.29) is 5.82 Å². The summed E-state index contributed by atoms with van der Waals surface area (Å²) in [5.74, 6) is 0.734. The first-order chi connectivity index (χ1) is 12.2. The molecule has 25 heavy (non-hydrogen) atoms. The van der Waals surface area contributed by atoms with Gasteiger partial charge in [-0.05, 0) is 31.5 Å². The Balaban J connectivity index is 1.92. The van der Waals surface area contributed by atoms with E-state index in [0.29, 0.717) is 43.9 Å². The second-order valence-corrected chi connectivity index (χ2v) is 5.21. The molecule has 1 aromatic heterocycles. The van der Waals surface area contributed by atoms with Crippen molar-refractivity contribution in [3.05, 3.63) is 54.0 Å². The van der Waals surface area contributed by atoms with Crippen LogP contribution in [0.5, 0.6) is 11.6 Å². The van der Waals surface area contributed by atoms with Crippen molar-refractivity contribution in [2.45, 2.75) is 19.9 Å².